The highest BCUT2D eigenvalue weighted by Gasteiger charge is 2.57. The Morgan fingerprint density at radius 3 is 2.29 bits per heavy atom. The molecule has 1 amide bonds. The number of fused-ring (bicyclic) bond motifs is 4. The molecule has 49 heavy (non-hydrogen) atoms. The zero-order chi connectivity index (χ0) is 35.4. The normalized spacial score (nSPS) is 18.9. The number of aromatic nitrogens is 4. The number of aldehydes is 1. The monoisotopic (exact) mass is 696 g/mol. The van der Waals surface area contributed by atoms with Gasteiger partial charge >= 0.3 is 6.18 Å². The van der Waals surface area contributed by atoms with Gasteiger partial charge in [0.15, 0.2) is 0 Å². The van der Waals surface area contributed by atoms with Crippen LogP contribution in [0.5, 0.6) is 0 Å². The molecule has 1 spiro atoms. The smallest absolute Gasteiger partial charge is 0.339 e. The van der Waals surface area contributed by atoms with Crippen LogP contribution in [0.1, 0.15) is 31.7 Å². The van der Waals surface area contributed by atoms with E-state index in [2.05, 4.69) is 33.2 Å². The molecule has 6 heterocycles. The first-order chi connectivity index (χ1) is 23.2. The third kappa shape index (κ3) is 5.79. The fourth-order valence-corrected chi connectivity index (χ4v) is 8.71. The molecular formula is C33H35F3N8O4S. The van der Waals surface area contributed by atoms with Crippen molar-refractivity contribution in [2.75, 3.05) is 43.9 Å². The lowest BCUT2D eigenvalue weighted by Gasteiger charge is -2.56. The summed E-state index contributed by atoms with van der Waals surface area (Å²) in [5.74, 6) is 0.0969. The van der Waals surface area contributed by atoms with Crippen LogP contribution in [0.4, 0.5) is 18.9 Å². The van der Waals surface area contributed by atoms with Crippen LogP contribution in [0.25, 0.3) is 33.4 Å². The van der Waals surface area contributed by atoms with E-state index in [9.17, 15) is 31.6 Å². The third-order valence-corrected chi connectivity index (χ3v) is 11.7. The number of anilines is 1. The molecule has 0 atom stereocenters. The van der Waals surface area contributed by atoms with E-state index in [1.54, 1.807) is 22.7 Å². The average molecular weight is 697 g/mol. The molecule has 7 rings (SSSR count). The first-order valence-electron chi connectivity index (χ1n) is 15.7. The molecule has 1 N–H and O–H groups in total. The van der Waals surface area contributed by atoms with E-state index in [0.29, 0.717) is 39.0 Å². The van der Waals surface area contributed by atoms with Crippen molar-refractivity contribution in [2.45, 2.75) is 43.3 Å². The molecule has 0 aliphatic carbocycles. The third-order valence-electron chi connectivity index (χ3n) is 9.94. The minimum Gasteiger partial charge on any atom is -0.339 e. The number of sulfonamides is 1. The lowest BCUT2D eigenvalue weighted by atomic mass is 9.70. The van der Waals surface area contributed by atoms with Gasteiger partial charge in [0, 0.05) is 68.5 Å². The molecule has 2 fully saturated rings. The Hall–Kier alpha value is -4.59. The number of aromatic amines is 1. The molecule has 4 aromatic rings. The van der Waals surface area contributed by atoms with Crippen molar-refractivity contribution >= 4 is 38.9 Å². The Balaban J connectivity index is 0.000000639. The van der Waals surface area contributed by atoms with Crippen molar-refractivity contribution in [1.29, 1.82) is 5.26 Å². The lowest BCUT2D eigenvalue weighted by Crippen LogP contribution is -2.72. The Bertz CT molecular complexity index is 2060. The van der Waals surface area contributed by atoms with Crippen LogP contribution in [-0.2, 0) is 32.1 Å². The number of carbonyl (C=O) groups is 2. The van der Waals surface area contributed by atoms with Gasteiger partial charge in [0.25, 0.3) is 0 Å². The van der Waals surface area contributed by atoms with E-state index in [-0.39, 0.29) is 18.1 Å². The molecule has 12 nitrogen and oxygen atoms in total. The number of nitrogens with zero attached hydrogens (tertiary/aromatic N) is 7. The zero-order valence-corrected chi connectivity index (χ0v) is 28.0. The molecule has 0 radical (unpaired) electrons. The fraction of sp³-hybridized carbons (Fsp3) is 0.424. The molecule has 3 aliphatic heterocycles. The number of H-pyrrole nitrogens is 1. The number of likely N-dealkylation sites (N-methyl/N-ethyl adjacent to an activating group) is 1. The largest absolute Gasteiger partial charge is 0.446 e. The van der Waals surface area contributed by atoms with Crippen LogP contribution in [0, 0.1) is 11.3 Å². The topological polar surface area (TPSA) is 148 Å². The maximum atomic E-state index is 14.2. The molecule has 1 aromatic carbocycles. The molecule has 258 valence electrons. The number of pyridine rings is 1. The Morgan fingerprint density at radius 2 is 1.73 bits per heavy atom. The van der Waals surface area contributed by atoms with Crippen molar-refractivity contribution in [2.24, 2.45) is 7.05 Å². The van der Waals surface area contributed by atoms with E-state index in [1.165, 1.54) is 4.31 Å². The van der Waals surface area contributed by atoms with Crippen molar-refractivity contribution < 1.29 is 31.2 Å². The summed E-state index contributed by atoms with van der Waals surface area (Å²) in [6, 6.07) is 12.5. The molecule has 2 saturated heterocycles. The van der Waals surface area contributed by atoms with Gasteiger partial charge in [-0.3, -0.25) is 19.2 Å². The quantitative estimate of drug-likeness (QED) is 0.298. The minimum atomic E-state index is -4.64. The van der Waals surface area contributed by atoms with Gasteiger partial charge in [-0.25, -0.2) is 13.4 Å². The van der Waals surface area contributed by atoms with Gasteiger partial charge in [-0.2, -0.15) is 27.8 Å². The van der Waals surface area contributed by atoms with Crippen molar-refractivity contribution in [3.8, 4) is 28.5 Å². The summed E-state index contributed by atoms with van der Waals surface area (Å²) in [5, 5.41) is 15.0. The second-order valence-electron chi connectivity index (χ2n) is 12.7. The number of nitriles is 1. The second-order valence-corrected chi connectivity index (χ2v) is 15.0. The first-order valence-corrected chi connectivity index (χ1v) is 17.3. The van der Waals surface area contributed by atoms with Gasteiger partial charge < -0.3 is 9.88 Å². The predicted octanol–water partition coefficient (Wildman–Crippen LogP) is 4.01. The Labute approximate surface area is 281 Å². The summed E-state index contributed by atoms with van der Waals surface area (Å²) in [7, 11) is 0.388. The molecule has 0 unspecified atom stereocenters. The molecule has 3 aliphatic rings. The summed E-state index contributed by atoms with van der Waals surface area (Å²) in [6.45, 7) is 3.44. The van der Waals surface area contributed by atoms with Crippen molar-refractivity contribution in [3.05, 3.63) is 54.5 Å². The number of amides is 1. The number of hydrogen-bond donors (Lipinski definition) is 1. The summed E-state index contributed by atoms with van der Waals surface area (Å²) >= 11 is 0. The van der Waals surface area contributed by atoms with Crippen LogP contribution in [0.3, 0.4) is 0 Å². The van der Waals surface area contributed by atoms with Crippen molar-refractivity contribution in [1.82, 2.24) is 29.0 Å². The number of halogens is 3. The Kier molecular flexibility index (Phi) is 8.66. The predicted molar refractivity (Wildman–Crippen MR) is 176 cm³/mol. The van der Waals surface area contributed by atoms with Gasteiger partial charge in [0.05, 0.1) is 53.0 Å². The first kappa shape index (κ1) is 34.3. The van der Waals surface area contributed by atoms with E-state index in [0.717, 1.165) is 44.7 Å². The number of nitrogens with one attached hydrogen (secondary N) is 1. The lowest BCUT2D eigenvalue weighted by molar-refractivity contribution is -0.156. The van der Waals surface area contributed by atoms with E-state index in [4.69, 9.17) is 9.78 Å². The highest BCUT2D eigenvalue weighted by molar-refractivity contribution is 7.89. The van der Waals surface area contributed by atoms with Crippen LogP contribution in [0.2, 0.25) is 0 Å². The molecule has 16 heteroatoms. The van der Waals surface area contributed by atoms with Crippen LogP contribution >= 0.6 is 0 Å². The SMILES string of the molecule is CCS(=O)(=O)N1CC(CC#N)(N2CCC3(CC2)C(=O)N(C)c2cnc4[nH]c(-c5cnn(C)c5)c(-c5ccccc5)c4c23)C1.O=CC(F)(F)F. The van der Waals surface area contributed by atoms with Gasteiger partial charge in [-0.1, -0.05) is 30.3 Å². The minimum absolute atomic E-state index is 0.0435. The maximum Gasteiger partial charge on any atom is 0.446 e. The molecule has 0 saturated carbocycles. The maximum absolute atomic E-state index is 14.2. The molecule has 3 aromatic heterocycles. The number of aryl methyl sites for hydroxylation is 1. The number of benzene rings is 1. The second kappa shape index (κ2) is 12.4. The van der Waals surface area contributed by atoms with Gasteiger partial charge in [0.1, 0.15) is 5.65 Å². The molecule has 0 bridgehead atoms. The average Bonchev–Trinajstić information content (AvgIpc) is 3.73. The van der Waals surface area contributed by atoms with Crippen LogP contribution < -0.4 is 4.90 Å². The number of carbonyl (C=O) groups excluding carboxylic acids is 2. The van der Waals surface area contributed by atoms with Gasteiger partial charge in [-0.15, -0.1) is 0 Å². The van der Waals surface area contributed by atoms with Crippen LogP contribution in [0.15, 0.2) is 48.9 Å². The summed E-state index contributed by atoms with van der Waals surface area (Å²) in [5.41, 5.74) is 5.11. The highest BCUT2D eigenvalue weighted by Crippen LogP contribution is 2.54. The van der Waals surface area contributed by atoms with Gasteiger partial charge in [0.2, 0.25) is 22.2 Å². The van der Waals surface area contributed by atoms with E-state index in [1.807, 2.05) is 44.7 Å². The Morgan fingerprint density at radius 1 is 1.08 bits per heavy atom. The van der Waals surface area contributed by atoms with E-state index >= 15 is 0 Å². The highest BCUT2D eigenvalue weighted by atomic mass is 32.2. The number of likely N-dealkylation sites (tertiary alicyclic amines) is 1. The molecular weight excluding hydrogens is 661 g/mol. The summed E-state index contributed by atoms with van der Waals surface area (Å²) in [6.07, 6.45) is 1.28. The van der Waals surface area contributed by atoms with E-state index < -0.39 is 33.4 Å². The summed E-state index contributed by atoms with van der Waals surface area (Å²) in [4.78, 5) is 35.3. The standard InChI is InChI=1S/C31H34N8O3S.C2HF3O/c1-4-43(41,42)39-19-30(20-39,10-13-32)38-14-11-31(12-15-38)26-23(37(3)29(31)40)17-33-28-25(26)24(21-8-6-5-7-9-21)27(35-28)22-16-34-36(2)18-22;3-2(4,5)1-6/h5-9,16-18H,4,10-12,14-15,19-20H2,1-3H3,(H,33,35);1H. The zero-order valence-electron chi connectivity index (χ0n) is 27.2. The summed E-state index contributed by atoms with van der Waals surface area (Å²) < 4.78 is 59.5. The number of rotatable bonds is 6. The fourth-order valence-electron chi connectivity index (χ4n) is 7.47. The number of hydrogen-bond acceptors (Lipinski definition) is 8. The number of piperidine rings is 1. The van der Waals surface area contributed by atoms with Crippen molar-refractivity contribution in [3.63, 3.8) is 0 Å². The van der Waals surface area contributed by atoms with Crippen LogP contribution in [-0.4, -0.2) is 100 Å². The number of alkyl halides is 3. The van der Waals surface area contributed by atoms with Gasteiger partial charge in [-0.05, 0) is 25.3 Å².